The fourth-order valence-corrected chi connectivity index (χ4v) is 0.622. The van der Waals surface area contributed by atoms with Crippen LogP contribution in [-0.2, 0) is 0 Å². The van der Waals surface area contributed by atoms with Crippen LogP contribution in [-0.4, -0.2) is 0 Å². The fraction of sp³-hybridized carbons (Fsp3) is 0.143. The Morgan fingerprint density at radius 2 is 1.60 bits per heavy atom. The number of hydrogen-bond acceptors (Lipinski definition) is 0. The lowest BCUT2D eigenvalue weighted by atomic mass is 10.2. The summed E-state index contributed by atoms with van der Waals surface area (Å²) in [5.74, 6) is -3.66. The summed E-state index contributed by atoms with van der Waals surface area (Å²) < 4.78 is 36.8. The van der Waals surface area contributed by atoms with Gasteiger partial charge < -0.3 is 0 Å². The van der Waals surface area contributed by atoms with Gasteiger partial charge in [0.15, 0.2) is 17.5 Å². The molecule has 0 bridgehead atoms. The molecule has 1 aromatic rings. The molecule has 0 fully saturated rings. The van der Waals surface area contributed by atoms with Gasteiger partial charge in [-0.1, -0.05) is 6.07 Å². The second-order valence-electron chi connectivity index (χ2n) is 1.99. The van der Waals surface area contributed by atoms with E-state index < -0.39 is 17.5 Å². The molecule has 3 heteroatoms. The molecule has 0 atom stereocenters. The SMILES string of the molecule is Cc1ccc(F)c(F)c1F. The third-order valence-electron chi connectivity index (χ3n) is 1.23. The van der Waals surface area contributed by atoms with Gasteiger partial charge in [-0.15, -0.1) is 0 Å². The Morgan fingerprint density at radius 3 is 2.10 bits per heavy atom. The third kappa shape index (κ3) is 0.988. The highest BCUT2D eigenvalue weighted by atomic mass is 19.2. The summed E-state index contributed by atoms with van der Waals surface area (Å²) in [7, 11) is 0. The van der Waals surface area contributed by atoms with E-state index in [1.165, 1.54) is 13.0 Å². The molecule has 0 aromatic heterocycles. The van der Waals surface area contributed by atoms with Crippen molar-refractivity contribution in [2.45, 2.75) is 6.92 Å². The quantitative estimate of drug-likeness (QED) is 0.493. The zero-order valence-electron chi connectivity index (χ0n) is 5.29. The summed E-state index contributed by atoms with van der Waals surface area (Å²) in [6.45, 7) is 1.37. The van der Waals surface area contributed by atoms with E-state index in [2.05, 4.69) is 0 Å². The van der Waals surface area contributed by atoms with Crippen molar-refractivity contribution in [3.05, 3.63) is 35.1 Å². The summed E-state index contributed by atoms with van der Waals surface area (Å²) in [5, 5.41) is 0. The van der Waals surface area contributed by atoms with Crippen LogP contribution in [0.25, 0.3) is 0 Å². The smallest absolute Gasteiger partial charge is 0.194 e. The molecule has 0 spiro atoms. The molecule has 0 aliphatic carbocycles. The van der Waals surface area contributed by atoms with E-state index >= 15 is 0 Å². The Labute approximate surface area is 56.3 Å². The molecule has 0 amide bonds. The molecule has 0 aliphatic heterocycles. The Morgan fingerprint density at radius 1 is 1.00 bits per heavy atom. The monoisotopic (exact) mass is 146 g/mol. The maximum Gasteiger partial charge on any atom is 0.194 e. The lowest BCUT2D eigenvalue weighted by Gasteiger charge is -1.96. The molecule has 0 radical (unpaired) electrons. The molecule has 0 aliphatic rings. The Kier molecular flexibility index (Phi) is 1.66. The van der Waals surface area contributed by atoms with E-state index in [4.69, 9.17) is 0 Å². The van der Waals surface area contributed by atoms with Crippen molar-refractivity contribution < 1.29 is 13.2 Å². The van der Waals surface area contributed by atoms with Crippen molar-refractivity contribution in [3.63, 3.8) is 0 Å². The summed E-state index contributed by atoms with van der Waals surface area (Å²) >= 11 is 0. The first-order chi connectivity index (χ1) is 4.63. The van der Waals surface area contributed by atoms with E-state index in [1.807, 2.05) is 0 Å². The van der Waals surface area contributed by atoms with Crippen molar-refractivity contribution in [1.82, 2.24) is 0 Å². The van der Waals surface area contributed by atoms with E-state index in [0.717, 1.165) is 6.07 Å². The predicted molar refractivity (Wildman–Crippen MR) is 31.1 cm³/mol. The van der Waals surface area contributed by atoms with Gasteiger partial charge in [-0.2, -0.15) is 0 Å². The molecule has 1 rings (SSSR count). The fourth-order valence-electron chi connectivity index (χ4n) is 0.622. The minimum Gasteiger partial charge on any atom is -0.204 e. The van der Waals surface area contributed by atoms with Gasteiger partial charge in [0.1, 0.15) is 0 Å². The number of aryl methyl sites for hydroxylation is 1. The van der Waals surface area contributed by atoms with Crippen molar-refractivity contribution in [1.29, 1.82) is 0 Å². The highest BCUT2D eigenvalue weighted by Gasteiger charge is 2.09. The third-order valence-corrected chi connectivity index (χ3v) is 1.23. The van der Waals surface area contributed by atoms with Crippen molar-refractivity contribution >= 4 is 0 Å². The molecule has 0 unspecified atom stereocenters. The van der Waals surface area contributed by atoms with Crippen LogP contribution in [0.5, 0.6) is 0 Å². The number of hydrogen-bond donors (Lipinski definition) is 0. The minimum atomic E-state index is -1.40. The zero-order chi connectivity index (χ0) is 7.72. The Hall–Kier alpha value is -0.990. The first kappa shape index (κ1) is 7.12. The van der Waals surface area contributed by atoms with Gasteiger partial charge >= 0.3 is 0 Å². The van der Waals surface area contributed by atoms with Crippen LogP contribution in [0.2, 0.25) is 0 Å². The normalized spacial score (nSPS) is 10.0. The van der Waals surface area contributed by atoms with Crippen LogP contribution >= 0.6 is 0 Å². The van der Waals surface area contributed by atoms with Gasteiger partial charge in [0.05, 0.1) is 0 Å². The summed E-state index contributed by atoms with van der Waals surface area (Å²) in [5.41, 5.74) is 0.110. The molecule has 0 N–H and O–H groups in total. The van der Waals surface area contributed by atoms with E-state index in [1.54, 1.807) is 0 Å². The zero-order valence-corrected chi connectivity index (χ0v) is 5.29. The molecular weight excluding hydrogens is 141 g/mol. The van der Waals surface area contributed by atoms with Crippen LogP contribution < -0.4 is 0 Å². The molecule has 1 aromatic carbocycles. The number of halogens is 3. The van der Waals surface area contributed by atoms with Crippen molar-refractivity contribution in [3.8, 4) is 0 Å². The van der Waals surface area contributed by atoms with Crippen LogP contribution in [0, 0.1) is 24.4 Å². The summed E-state index contributed by atoms with van der Waals surface area (Å²) in [6.07, 6.45) is 0. The highest BCUT2D eigenvalue weighted by Crippen LogP contribution is 2.13. The van der Waals surface area contributed by atoms with Crippen molar-refractivity contribution in [2.24, 2.45) is 0 Å². The average molecular weight is 146 g/mol. The Bertz CT molecular complexity index is 228. The van der Waals surface area contributed by atoms with Gasteiger partial charge in [0.25, 0.3) is 0 Å². The van der Waals surface area contributed by atoms with Crippen molar-refractivity contribution in [2.75, 3.05) is 0 Å². The highest BCUT2D eigenvalue weighted by molar-refractivity contribution is 5.18. The molecule has 54 valence electrons. The van der Waals surface area contributed by atoms with Crippen LogP contribution in [0.3, 0.4) is 0 Å². The number of benzene rings is 1. The van der Waals surface area contributed by atoms with Gasteiger partial charge in [0, 0.05) is 0 Å². The van der Waals surface area contributed by atoms with Crippen LogP contribution in [0.4, 0.5) is 13.2 Å². The number of rotatable bonds is 0. The largest absolute Gasteiger partial charge is 0.204 e. The molecule has 0 saturated heterocycles. The average Bonchev–Trinajstić information content (AvgIpc) is 1.93. The molecule has 0 saturated carbocycles. The van der Waals surface area contributed by atoms with E-state index in [-0.39, 0.29) is 5.56 Å². The Balaban J connectivity index is 3.34. The second kappa shape index (κ2) is 2.33. The lowest BCUT2D eigenvalue weighted by Crippen LogP contribution is -1.92. The standard InChI is InChI=1S/C7H5F3/c1-4-2-3-5(8)7(10)6(4)9/h2-3H,1H3. The minimum absolute atomic E-state index is 0.110. The summed E-state index contributed by atoms with van der Waals surface area (Å²) in [4.78, 5) is 0. The second-order valence-corrected chi connectivity index (χ2v) is 1.99. The molecule has 0 heterocycles. The van der Waals surface area contributed by atoms with Gasteiger partial charge in [-0.05, 0) is 18.6 Å². The summed E-state index contributed by atoms with van der Waals surface area (Å²) in [6, 6.07) is 2.08. The molecular formula is C7H5F3. The topological polar surface area (TPSA) is 0 Å². The lowest BCUT2D eigenvalue weighted by molar-refractivity contribution is 0.443. The molecule has 10 heavy (non-hydrogen) atoms. The van der Waals surface area contributed by atoms with E-state index in [9.17, 15) is 13.2 Å². The molecule has 0 nitrogen and oxygen atoms in total. The van der Waals surface area contributed by atoms with E-state index in [0.29, 0.717) is 0 Å². The maximum atomic E-state index is 12.4. The van der Waals surface area contributed by atoms with Crippen LogP contribution in [0.15, 0.2) is 12.1 Å². The van der Waals surface area contributed by atoms with Gasteiger partial charge in [-0.3, -0.25) is 0 Å². The first-order valence-corrected chi connectivity index (χ1v) is 2.73. The van der Waals surface area contributed by atoms with Crippen LogP contribution in [0.1, 0.15) is 5.56 Å². The first-order valence-electron chi connectivity index (χ1n) is 2.73. The van der Waals surface area contributed by atoms with Gasteiger partial charge in [0.2, 0.25) is 0 Å². The maximum absolute atomic E-state index is 12.4. The van der Waals surface area contributed by atoms with Gasteiger partial charge in [-0.25, -0.2) is 13.2 Å². The predicted octanol–water partition coefficient (Wildman–Crippen LogP) is 2.41.